The Labute approximate surface area is 80.1 Å². The van der Waals surface area contributed by atoms with Crippen molar-refractivity contribution in [3.63, 3.8) is 0 Å². The van der Waals surface area contributed by atoms with Gasteiger partial charge in [-0.05, 0) is 12.8 Å². The number of carboxylic acids is 1. The predicted molar refractivity (Wildman–Crippen MR) is 44.7 cm³/mol. The molecule has 1 rings (SSSR count). The molecule has 0 spiro atoms. The molecule has 1 fully saturated rings. The maximum absolute atomic E-state index is 11.2. The van der Waals surface area contributed by atoms with Crippen LogP contribution < -0.4 is 0 Å². The van der Waals surface area contributed by atoms with Crippen LogP contribution in [-0.4, -0.2) is 38.6 Å². The minimum atomic E-state index is -1.64. The molecule has 0 aromatic heterocycles. The number of aliphatic carboxylic acids is 1. The Bertz CT molecular complexity index is 313. The fraction of sp³-hybridized carbons (Fsp3) is 0.625. The average molecular weight is 201 g/mol. The molecule has 1 aliphatic heterocycles. The van der Waals surface area contributed by atoms with Crippen molar-refractivity contribution < 1.29 is 24.6 Å². The van der Waals surface area contributed by atoms with E-state index in [-0.39, 0.29) is 6.42 Å². The van der Waals surface area contributed by atoms with Gasteiger partial charge >= 0.3 is 12.1 Å². The molecule has 0 aromatic rings. The Hall–Kier alpha value is -1.59. The minimum Gasteiger partial charge on any atom is -0.479 e. The molecule has 14 heavy (non-hydrogen) atoms. The highest BCUT2D eigenvalue weighted by Crippen LogP contribution is 2.35. The van der Waals surface area contributed by atoms with Gasteiger partial charge in [0.1, 0.15) is 0 Å². The van der Waals surface area contributed by atoms with Crippen LogP contribution >= 0.6 is 0 Å². The summed E-state index contributed by atoms with van der Waals surface area (Å²) in [6.07, 6.45) is -1.56. The molecule has 2 N–H and O–H groups in total. The first-order valence-electron chi connectivity index (χ1n) is 4.11. The standard InChI is InChI=1S/C8H11NO5/c1-4-3-5(10)9(7(13)14)8(4,2)6(11)12/h4H,3H2,1-2H3,(H,11,12)(H,13,14)/t4?,8-/m0/s1. The molecule has 0 saturated carbocycles. The van der Waals surface area contributed by atoms with E-state index < -0.39 is 29.4 Å². The number of hydrogen-bond donors (Lipinski definition) is 2. The van der Waals surface area contributed by atoms with E-state index in [1.54, 1.807) is 6.92 Å². The monoisotopic (exact) mass is 201 g/mol. The van der Waals surface area contributed by atoms with E-state index in [9.17, 15) is 14.4 Å². The Kier molecular flexibility index (Phi) is 2.22. The minimum absolute atomic E-state index is 0.0465. The molecule has 6 heteroatoms. The van der Waals surface area contributed by atoms with Gasteiger partial charge in [-0.25, -0.2) is 14.5 Å². The topological polar surface area (TPSA) is 94.9 Å². The maximum atomic E-state index is 11.2. The maximum Gasteiger partial charge on any atom is 0.415 e. The van der Waals surface area contributed by atoms with Crippen molar-refractivity contribution >= 4 is 18.0 Å². The zero-order valence-corrected chi connectivity index (χ0v) is 7.85. The van der Waals surface area contributed by atoms with Crippen molar-refractivity contribution in [1.29, 1.82) is 0 Å². The Morgan fingerprint density at radius 2 is 2.00 bits per heavy atom. The molecule has 2 atom stereocenters. The SMILES string of the molecule is CC1CC(=O)N(C(=O)O)[C@]1(C)C(=O)O. The summed E-state index contributed by atoms with van der Waals surface area (Å²) < 4.78 is 0. The van der Waals surface area contributed by atoms with Crippen LogP contribution in [0.2, 0.25) is 0 Å². The molecule has 0 aromatic carbocycles. The lowest BCUT2D eigenvalue weighted by atomic mass is 9.88. The third-order valence-corrected chi connectivity index (χ3v) is 2.78. The third kappa shape index (κ3) is 1.14. The normalized spacial score (nSPS) is 32.0. The van der Waals surface area contributed by atoms with Gasteiger partial charge in [-0.1, -0.05) is 6.92 Å². The summed E-state index contributed by atoms with van der Waals surface area (Å²) in [7, 11) is 0. The molecule has 78 valence electrons. The van der Waals surface area contributed by atoms with Crippen molar-refractivity contribution in [3.8, 4) is 0 Å². The first-order chi connectivity index (χ1) is 6.31. The zero-order chi connectivity index (χ0) is 11.1. The number of hydrogen-bond acceptors (Lipinski definition) is 3. The van der Waals surface area contributed by atoms with E-state index in [1.165, 1.54) is 6.92 Å². The van der Waals surface area contributed by atoms with Crippen LogP contribution in [-0.2, 0) is 9.59 Å². The summed E-state index contributed by atoms with van der Waals surface area (Å²) in [6.45, 7) is 2.80. The number of nitrogens with zero attached hydrogens (tertiary/aromatic N) is 1. The molecule has 0 bridgehead atoms. The van der Waals surface area contributed by atoms with Crippen LogP contribution in [0.15, 0.2) is 0 Å². The number of carbonyl (C=O) groups excluding carboxylic acids is 1. The fourth-order valence-electron chi connectivity index (χ4n) is 1.64. The van der Waals surface area contributed by atoms with Gasteiger partial charge in [-0.3, -0.25) is 4.79 Å². The lowest BCUT2D eigenvalue weighted by Crippen LogP contribution is -2.54. The second kappa shape index (κ2) is 2.97. The largest absolute Gasteiger partial charge is 0.479 e. The molecule has 1 unspecified atom stereocenters. The van der Waals surface area contributed by atoms with Gasteiger partial charge in [0.2, 0.25) is 5.91 Å². The van der Waals surface area contributed by atoms with Crippen LogP contribution in [0.4, 0.5) is 4.79 Å². The van der Waals surface area contributed by atoms with Crippen molar-refractivity contribution in [2.24, 2.45) is 5.92 Å². The summed E-state index contributed by atoms with van der Waals surface area (Å²) in [5.41, 5.74) is -1.64. The van der Waals surface area contributed by atoms with Crippen LogP contribution in [0, 0.1) is 5.92 Å². The van der Waals surface area contributed by atoms with Gasteiger partial charge in [0.05, 0.1) is 0 Å². The van der Waals surface area contributed by atoms with Gasteiger partial charge in [0.25, 0.3) is 0 Å². The van der Waals surface area contributed by atoms with Crippen LogP contribution in [0.1, 0.15) is 20.3 Å². The average Bonchev–Trinajstić information content (AvgIpc) is 2.23. The zero-order valence-electron chi connectivity index (χ0n) is 7.85. The lowest BCUT2D eigenvalue weighted by Gasteiger charge is -2.30. The highest BCUT2D eigenvalue weighted by atomic mass is 16.4. The smallest absolute Gasteiger partial charge is 0.415 e. The first-order valence-corrected chi connectivity index (χ1v) is 4.11. The number of imide groups is 1. The molecular formula is C8H11NO5. The van der Waals surface area contributed by atoms with E-state index in [0.29, 0.717) is 4.90 Å². The van der Waals surface area contributed by atoms with Crippen molar-refractivity contribution in [1.82, 2.24) is 4.90 Å². The van der Waals surface area contributed by atoms with E-state index in [1.807, 2.05) is 0 Å². The number of carbonyl (C=O) groups is 3. The molecule has 2 amide bonds. The number of carboxylic acid groups (broad SMARTS) is 2. The van der Waals surface area contributed by atoms with Gasteiger partial charge in [-0.15, -0.1) is 0 Å². The third-order valence-electron chi connectivity index (χ3n) is 2.78. The molecule has 1 saturated heterocycles. The number of amides is 2. The summed E-state index contributed by atoms with van der Waals surface area (Å²) in [5, 5.41) is 17.7. The Morgan fingerprint density at radius 1 is 1.50 bits per heavy atom. The fourth-order valence-corrected chi connectivity index (χ4v) is 1.64. The van der Waals surface area contributed by atoms with Crippen molar-refractivity contribution in [3.05, 3.63) is 0 Å². The van der Waals surface area contributed by atoms with Crippen LogP contribution in [0.3, 0.4) is 0 Å². The Morgan fingerprint density at radius 3 is 2.29 bits per heavy atom. The van der Waals surface area contributed by atoms with Crippen molar-refractivity contribution in [2.45, 2.75) is 25.8 Å². The first kappa shape index (κ1) is 10.5. The number of rotatable bonds is 1. The van der Waals surface area contributed by atoms with Gasteiger partial charge in [0.15, 0.2) is 5.54 Å². The highest BCUT2D eigenvalue weighted by molar-refractivity contribution is 6.01. The van der Waals surface area contributed by atoms with E-state index in [4.69, 9.17) is 10.2 Å². The van der Waals surface area contributed by atoms with Crippen LogP contribution in [0.25, 0.3) is 0 Å². The molecular weight excluding hydrogens is 190 g/mol. The molecule has 0 aliphatic carbocycles. The van der Waals surface area contributed by atoms with E-state index in [0.717, 1.165) is 0 Å². The van der Waals surface area contributed by atoms with Crippen LogP contribution in [0.5, 0.6) is 0 Å². The second-order valence-corrected chi connectivity index (χ2v) is 3.57. The van der Waals surface area contributed by atoms with Gasteiger partial charge in [-0.2, -0.15) is 0 Å². The highest BCUT2D eigenvalue weighted by Gasteiger charge is 2.56. The predicted octanol–water partition coefficient (Wildman–Crippen LogP) is 0.376. The van der Waals surface area contributed by atoms with E-state index in [2.05, 4.69) is 0 Å². The summed E-state index contributed by atoms with van der Waals surface area (Å²) in [4.78, 5) is 33.3. The number of likely N-dealkylation sites (tertiary alicyclic amines) is 1. The lowest BCUT2D eigenvalue weighted by molar-refractivity contribution is -0.152. The van der Waals surface area contributed by atoms with Gasteiger partial charge < -0.3 is 10.2 Å². The molecule has 1 aliphatic rings. The quantitative estimate of drug-likeness (QED) is 0.639. The molecule has 6 nitrogen and oxygen atoms in total. The summed E-state index contributed by atoms with van der Waals surface area (Å²) in [6, 6.07) is 0. The summed E-state index contributed by atoms with van der Waals surface area (Å²) >= 11 is 0. The molecule has 0 radical (unpaired) electrons. The Balaban J connectivity index is 3.19. The summed E-state index contributed by atoms with van der Waals surface area (Å²) in [5.74, 6) is -2.46. The molecule has 1 heterocycles. The van der Waals surface area contributed by atoms with Gasteiger partial charge in [0, 0.05) is 6.42 Å². The van der Waals surface area contributed by atoms with E-state index >= 15 is 0 Å². The second-order valence-electron chi connectivity index (χ2n) is 3.57. The van der Waals surface area contributed by atoms with Crippen molar-refractivity contribution in [2.75, 3.05) is 0 Å².